The van der Waals surface area contributed by atoms with Gasteiger partial charge in [0.15, 0.2) is 11.5 Å². The number of carbonyl (C=O) groups excluding carboxylic acids is 1. The Balaban J connectivity index is 1.83. The second-order valence-electron chi connectivity index (χ2n) is 4.98. The van der Waals surface area contributed by atoms with E-state index in [0.29, 0.717) is 11.5 Å². The Morgan fingerprint density at radius 3 is 2.78 bits per heavy atom. The van der Waals surface area contributed by atoms with E-state index in [2.05, 4.69) is 15.5 Å². The molecule has 0 saturated heterocycles. The van der Waals surface area contributed by atoms with Crippen LogP contribution in [0.2, 0.25) is 0 Å². The van der Waals surface area contributed by atoms with E-state index in [0.717, 1.165) is 11.2 Å². The van der Waals surface area contributed by atoms with Crippen LogP contribution in [0.25, 0.3) is 17.0 Å². The van der Waals surface area contributed by atoms with E-state index < -0.39 is 5.97 Å². The number of fused-ring (bicyclic) bond motifs is 1. The molecule has 23 heavy (non-hydrogen) atoms. The van der Waals surface area contributed by atoms with Gasteiger partial charge >= 0.3 is 5.97 Å². The Kier molecular flexibility index (Phi) is 4.01. The summed E-state index contributed by atoms with van der Waals surface area (Å²) < 4.78 is 1.85. The van der Waals surface area contributed by atoms with Gasteiger partial charge in [0.1, 0.15) is 0 Å². The molecular formula is C16H14N4O3. The maximum atomic E-state index is 11.7. The van der Waals surface area contributed by atoms with Gasteiger partial charge in [0.2, 0.25) is 5.91 Å². The summed E-state index contributed by atoms with van der Waals surface area (Å²) in [5.74, 6) is -0.665. The molecule has 116 valence electrons. The van der Waals surface area contributed by atoms with Crippen molar-refractivity contribution in [2.24, 2.45) is 0 Å². The van der Waals surface area contributed by atoms with E-state index in [1.54, 1.807) is 18.2 Å². The predicted molar refractivity (Wildman–Crippen MR) is 83.9 cm³/mol. The standard InChI is InChI=1S/C16H14N4O3/c21-14(7-8-15(22)23)17-12-5-3-4-11(10-12)16-19-18-13-6-1-2-9-20(13)16/h1-6,9-10H,7-8H2,(H,17,21)(H,22,23). The topological polar surface area (TPSA) is 96.6 Å². The number of carboxylic acid groups (broad SMARTS) is 1. The number of benzene rings is 1. The first-order valence-corrected chi connectivity index (χ1v) is 7.05. The van der Waals surface area contributed by atoms with E-state index in [9.17, 15) is 9.59 Å². The smallest absolute Gasteiger partial charge is 0.303 e. The largest absolute Gasteiger partial charge is 0.481 e. The van der Waals surface area contributed by atoms with Crippen LogP contribution in [0.3, 0.4) is 0 Å². The molecule has 7 nitrogen and oxygen atoms in total. The maximum absolute atomic E-state index is 11.7. The molecule has 0 saturated carbocycles. The summed E-state index contributed by atoms with van der Waals surface area (Å²) in [6, 6.07) is 12.8. The monoisotopic (exact) mass is 310 g/mol. The predicted octanol–water partition coefficient (Wildman–Crippen LogP) is 2.20. The summed E-state index contributed by atoms with van der Waals surface area (Å²) in [5, 5.41) is 19.6. The van der Waals surface area contributed by atoms with E-state index >= 15 is 0 Å². The number of nitrogens with zero attached hydrogens (tertiary/aromatic N) is 3. The van der Waals surface area contributed by atoms with Crippen LogP contribution in [-0.2, 0) is 9.59 Å². The minimum atomic E-state index is -0.996. The molecule has 0 unspecified atom stereocenters. The molecule has 0 aliphatic rings. The Bertz CT molecular complexity index is 872. The zero-order valence-electron chi connectivity index (χ0n) is 12.1. The van der Waals surface area contributed by atoms with Gasteiger partial charge in [-0.1, -0.05) is 18.2 Å². The van der Waals surface area contributed by atoms with Crippen LogP contribution in [-0.4, -0.2) is 31.6 Å². The first-order chi connectivity index (χ1) is 11.1. The summed E-state index contributed by atoms with van der Waals surface area (Å²) in [5.41, 5.74) is 2.13. The minimum absolute atomic E-state index is 0.0621. The van der Waals surface area contributed by atoms with E-state index in [1.807, 2.05) is 34.9 Å². The fourth-order valence-corrected chi connectivity index (χ4v) is 2.22. The van der Waals surface area contributed by atoms with Crippen molar-refractivity contribution >= 4 is 23.2 Å². The summed E-state index contributed by atoms with van der Waals surface area (Å²) >= 11 is 0. The molecule has 3 aromatic rings. The van der Waals surface area contributed by atoms with Crippen LogP contribution in [0.4, 0.5) is 5.69 Å². The quantitative estimate of drug-likeness (QED) is 0.753. The van der Waals surface area contributed by atoms with Gasteiger partial charge in [-0.25, -0.2) is 0 Å². The highest BCUT2D eigenvalue weighted by Crippen LogP contribution is 2.21. The molecule has 3 rings (SSSR count). The van der Waals surface area contributed by atoms with E-state index in [-0.39, 0.29) is 18.7 Å². The zero-order chi connectivity index (χ0) is 16.2. The number of hydrogen-bond acceptors (Lipinski definition) is 4. The van der Waals surface area contributed by atoms with Gasteiger partial charge in [-0.05, 0) is 24.3 Å². The molecule has 2 aromatic heterocycles. The number of hydrogen-bond donors (Lipinski definition) is 2. The van der Waals surface area contributed by atoms with Crippen LogP contribution in [0.1, 0.15) is 12.8 Å². The van der Waals surface area contributed by atoms with Gasteiger partial charge in [-0.2, -0.15) is 0 Å². The number of carbonyl (C=O) groups is 2. The van der Waals surface area contributed by atoms with Gasteiger partial charge in [-0.15, -0.1) is 10.2 Å². The Hall–Kier alpha value is -3.22. The highest BCUT2D eigenvalue weighted by atomic mass is 16.4. The van der Waals surface area contributed by atoms with Crippen molar-refractivity contribution in [3.05, 3.63) is 48.7 Å². The second kappa shape index (κ2) is 6.27. The van der Waals surface area contributed by atoms with Gasteiger partial charge in [0.25, 0.3) is 0 Å². The van der Waals surface area contributed by atoms with Gasteiger partial charge < -0.3 is 10.4 Å². The third kappa shape index (κ3) is 3.34. The van der Waals surface area contributed by atoms with Gasteiger partial charge in [-0.3, -0.25) is 14.0 Å². The lowest BCUT2D eigenvalue weighted by Crippen LogP contribution is -2.13. The molecule has 0 aliphatic heterocycles. The van der Waals surface area contributed by atoms with Gasteiger partial charge in [0.05, 0.1) is 6.42 Å². The highest BCUT2D eigenvalue weighted by molar-refractivity contribution is 5.92. The first-order valence-electron chi connectivity index (χ1n) is 7.05. The number of carboxylic acids is 1. The van der Waals surface area contributed by atoms with Crippen molar-refractivity contribution in [2.45, 2.75) is 12.8 Å². The molecule has 0 bridgehead atoms. The van der Waals surface area contributed by atoms with Crippen LogP contribution in [0.5, 0.6) is 0 Å². The molecule has 0 spiro atoms. The molecule has 0 radical (unpaired) electrons. The fourth-order valence-electron chi connectivity index (χ4n) is 2.22. The number of aliphatic carboxylic acids is 1. The molecule has 2 heterocycles. The lowest BCUT2D eigenvalue weighted by atomic mass is 10.2. The average molecular weight is 310 g/mol. The average Bonchev–Trinajstić information content (AvgIpc) is 2.97. The number of anilines is 1. The van der Waals surface area contributed by atoms with Crippen molar-refractivity contribution in [2.75, 3.05) is 5.32 Å². The van der Waals surface area contributed by atoms with Crippen molar-refractivity contribution in [1.29, 1.82) is 0 Å². The molecule has 7 heteroatoms. The molecule has 1 aromatic carbocycles. The number of rotatable bonds is 5. The van der Waals surface area contributed by atoms with Crippen LogP contribution >= 0.6 is 0 Å². The SMILES string of the molecule is O=C(O)CCC(=O)Nc1cccc(-c2nnc3ccccn23)c1. The molecule has 1 amide bonds. The second-order valence-corrected chi connectivity index (χ2v) is 4.98. The van der Waals surface area contributed by atoms with Crippen LogP contribution in [0, 0.1) is 0 Å². The number of aromatic nitrogens is 3. The van der Waals surface area contributed by atoms with E-state index in [1.165, 1.54) is 0 Å². The normalized spacial score (nSPS) is 10.6. The molecule has 0 fully saturated rings. The first kappa shape index (κ1) is 14.7. The Morgan fingerprint density at radius 2 is 1.96 bits per heavy atom. The molecular weight excluding hydrogens is 296 g/mol. The summed E-state index contributed by atoms with van der Waals surface area (Å²) in [6.45, 7) is 0. The molecule has 0 atom stereocenters. The van der Waals surface area contributed by atoms with Crippen molar-refractivity contribution in [1.82, 2.24) is 14.6 Å². The Labute approximate surface area is 131 Å². The van der Waals surface area contributed by atoms with Gasteiger partial charge in [0, 0.05) is 23.9 Å². The number of amides is 1. The van der Waals surface area contributed by atoms with Crippen molar-refractivity contribution < 1.29 is 14.7 Å². The molecule has 2 N–H and O–H groups in total. The molecule has 0 aliphatic carbocycles. The lowest BCUT2D eigenvalue weighted by Gasteiger charge is -2.06. The summed E-state index contributed by atoms with van der Waals surface area (Å²) in [7, 11) is 0. The summed E-state index contributed by atoms with van der Waals surface area (Å²) in [4.78, 5) is 22.2. The summed E-state index contributed by atoms with van der Waals surface area (Å²) in [6.07, 6.45) is 1.61. The number of pyridine rings is 1. The Morgan fingerprint density at radius 1 is 1.09 bits per heavy atom. The van der Waals surface area contributed by atoms with E-state index in [4.69, 9.17) is 5.11 Å². The highest BCUT2D eigenvalue weighted by Gasteiger charge is 2.10. The maximum Gasteiger partial charge on any atom is 0.303 e. The number of nitrogens with one attached hydrogen (secondary N) is 1. The third-order valence-corrected chi connectivity index (χ3v) is 3.28. The lowest BCUT2D eigenvalue weighted by molar-refractivity contribution is -0.138. The third-order valence-electron chi connectivity index (χ3n) is 3.28. The van der Waals surface area contributed by atoms with Crippen LogP contribution in [0.15, 0.2) is 48.7 Å². The van der Waals surface area contributed by atoms with Crippen molar-refractivity contribution in [3.8, 4) is 11.4 Å². The zero-order valence-corrected chi connectivity index (χ0v) is 12.1. The minimum Gasteiger partial charge on any atom is -0.481 e. The van der Waals surface area contributed by atoms with Crippen LogP contribution < -0.4 is 5.32 Å². The van der Waals surface area contributed by atoms with Crippen molar-refractivity contribution in [3.63, 3.8) is 0 Å². The fraction of sp³-hybridized carbons (Fsp3) is 0.125.